The number of likely N-dealkylation sites (N-methyl/N-ethyl adjacent to an activating group) is 1. The van der Waals surface area contributed by atoms with E-state index in [4.69, 9.17) is 18.9 Å². The second-order valence-corrected chi connectivity index (χ2v) is 24.8. The predicted octanol–water partition coefficient (Wildman–Crippen LogP) is 20.4. The maximum absolute atomic E-state index is 12.9. The van der Waals surface area contributed by atoms with Crippen molar-refractivity contribution in [1.82, 2.24) is 0 Å². The highest BCUT2D eigenvalue weighted by molar-refractivity contribution is 5.70. The molecule has 482 valence electrons. The van der Waals surface area contributed by atoms with Gasteiger partial charge < -0.3 is 33.3 Å². The molecule has 9 nitrogen and oxygen atoms in total. The maximum atomic E-state index is 12.9. The third-order valence-corrected chi connectivity index (χ3v) is 15.4. The summed E-state index contributed by atoms with van der Waals surface area (Å²) in [6.45, 7) is 4.65. The van der Waals surface area contributed by atoms with Crippen LogP contribution in [0.2, 0.25) is 0 Å². The van der Waals surface area contributed by atoms with E-state index in [9.17, 15) is 19.5 Å². The van der Waals surface area contributed by atoms with Crippen LogP contribution in [0.3, 0.4) is 0 Å². The number of ether oxygens (including phenoxy) is 4. The number of carbonyl (C=O) groups excluding carboxylic acids is 3. The molecule has 0 saturated heterocycles. The van der Waals surface area contributed by atoms with Gasteiger partial charge in [-0.25, -0.2) is 0 Å². The Labute approximate surface area is 513 Å². The van der Waals surface area contributed by atoms with E-state index in [-0.39, 0.29) is 32.2 Å². The molecular formula is C74H133NO8. The van der Waals surface area contributed by atoms with Gasteiger partial charge in [0.2, 0.25) is 0 Å². The first-order valence-corrected chi connectivity index (χ1v) is 35.1. The molecular weight excluding hydrogens is 1030 g/mol. The van der Waals surface area contributed by atoms with Gasteiger partial charge in [-0.3, -0.25) is 9.59 Å². The lowest BCUT2D eigenvalue weighted by molar-refractivity contribution is -0.870. The lowest BCUT2D eigenvalue weighted by atomic mass is 10.0. The molecule has 0 heterocycles. The number of esters is 2. The normalized spacial score (nSPS) is 13.1. The Morgan fingerprint density at radius 3 is 1.02 bits per heavy atom. The van der Waals surface area contributed by atoms with Gasteiger partial charge in [0.25, 0.3) is 0 Å². The molecule has 0 aliphatic rings. The van der Waals surface area contributed by atoms with Crippen LogP contribution in [-0.2, 0) is 33.3 Å². The fourth-order valence-corrected chi connectivity index (χ4v) is 10.1. The zero-order valence-corrected chi connectivity index (χ0v) is 55.1. The van der Waals surface area contributed by atoms with E-state index < -0.39 is 24.3 Å². The van der Waals surface area contributed by atoms with Crippen LogP contribution in [0.15, 0.2) is 72.9 Å². The summed E-state index contributed by atoms with van der Waals surface area (Å²) in [5, 5.41) is 11.8. The minimum absolute atomic E-state index is 0.145. The van der Waals surface area contributed by atoms with Crippen molar-refractivity contribution >= 4 is 17.9 Å². The number of hydrogen-bond acceptors (Lipinski definition) is 8. The molecule has 0 radical (unpaired) electrons. The molecule has 0 aliphatic heterocycles. The van der Waals surface area contributed by atoms with E-state index in [1.165, 1.54) is 212 Å². The van der Waals surface area contributed by atoms with Crippen molar-refractivity contribution in [1.29, 1.82) is 0 Å². The molecule has 0 aromatic rings. The zero-order valence-electron chi connectivity index (χ0n) is 55.1. The molecule has 0 aromatic heterocycles. The van der Waals surface area contributed by atoms with Crippen LogP contribution in [0.4, 0.5) is 0 Å². The molecule has 0 rings (SSSR count). The minimum atomic E-state index is -1.63. The summed E-state index contributed by atoms with van der Waals surface area (Å²) in [6.07, 6.45) is 82.8. The Morgan fingerprint density at radius 2 is 0.687 bits per heavy atom. The largest absolute Gasteiger partial charge is 0.545 e. The van der Waals surface area contributed by atoms with Gasteiger partial charge in [-0.05, 0) is 83.5 Å². The molecule has 0 spiro atoms. The van der Waals surface area contributed by atoms with Crippen LogP contribution in [0.1, 0.15) is 322 Å². The quantitative estimate of drug-likeness (QED) is 0.0195. The van der Waals surface area contributed by atoms with E-state index >= 15 is 0 Å². The summed E-state index contributed by atoms with van der Waals surface area (Å²) < 4.78 is 22.8. The average molecular weight is 1160 g/mol. The molecule has 0 aromatic carbocycles. The Bertz CT molecular complexity index is 1590. The lowest BCUT2D eigenvalue weighted by Crippen LogP contribution is -2.44. The van der Waals surface area contributed by atoms with Gasteiger partial charge in [0, 0.05) is 12.8 Å². The van der Waals surface area contributed by atoms with Crippen molar-refractivity contribution in [2.75, 3.05) is 47.5 Å². The molecule has 0 aliphatic carbocycles. The fourth-order valence-electron chi connectivity index (χ4n) is 10.1. The minimum Gasteiger partial charge on any atom is -0.545 e. The van der Waals surface area contributed by atoms with Crippen LogP contribution < -0.4 is 5.11 Å². The fraction of sp³-hybridized carbons (Fsp3) is 0.797. The Balaban J connectivity index is 4.01. The van der Waals surface area contributed by atoms with Crippen LogP contribution in [-0.4, -0.2) is 82.3 Å². The Hall–Kier alpha value is -3.27. The first-order valence-electron chi connectivity index (χ1n) is 35.1. The molecule has 0 N–H and O–H groups in total. The number of aliphatic carboxylic acids is 1. The van der Waals surface area contributed by atoms with Crippen molar-refractivity contribution in [3.05, 3.63) is 72.9 Å². The number of hydrogen-bond donors (Lipinski definition) is 0. The highest BCUT2D eigenvalue weighted by atomic mass is 16.7. The summed E-state index contributed by atoms with van der Waals surface area (Å²) in [5.74, 6) is -2.28. The van der Waals surface area contributed by atoms with Gasteiger partial charge in [0.15, 0.2) is 12.4 Å². The molecule has 0 amide bonds. The molecule has 2 unspecified atom stereocenters. The van der Waals surface area contributed by atoms with Crippen LogP contribution >= 0.6 is 0 Å². The number of allylic oxidation sites excluding steroid dienone is 12. The zero-order chi connectivity index (χ0) is 60.5. The number of quaternary nitrogens is 1. The molecule has 0 fully saturated rings. The SMILES string of the molecule is CC/C=C\C/C=C\C/C=C\C/C=C\CCCCCCCCCCC(=O)OC(COC(=O)CCCCCCCCCCCCCCCCCCCCCCCCCCC/C=C\C/C=C\CCCCCCC)COC(OCC[N+](C)(C)C)C(=O)[O-]. The number of unbranched alkanes of at least 4 members (excludes halogenated alkanes) is 38. The van der Waals surface area contributed by atoms with Crippen molar-refractivity contribution in [2.24, 2.45) is 0 Å². The van der Waals surface area contributed by atoms with Crippen molar-refractivity contribution in [3.8, 4) is 0 Å². The monoisotopic (exact) mass is 1160 g/mol. The first kappa shape index (κ1) is 79.7. The second kappa shape index (κ2) is 64.7. The first-order chi connectivity index (χ1) is 40.6. The third-order valence-electron chi connectivity index (χ3n) is 15.4. The highest BCUT2D eigenvalue weighted by Crippen LogP contribution is 2.18. The van der Waals surface area contributed by atoms with Gasteiger partial charge in [0.1, 0.15) is 13.2 Å². The molecule has 9 heteroatoms. The van der Waals surface area contributed by atoms with Gasteiger partial charge in [-0.1, -0.05) is 299 Å². The molecule has 83 heavy (non-hydrogen) atoms. The number of nitrogens with zero attached hydrogens (tertiary/aromatic N) is 1. The topological polar surface area (TPSA) is 111 Å². The van der Waals surface area contributed by atoms with Crippen LogP contribution in [0.5, 0.6) is 0 Å². The number of carboxylic acids is 1. The Morgan fingerprint density at radius 1 is 0.373 bits per heavy atom. The summed E-state index contributed by atoms with van der Waals surface area (Å²) in [6, 6.07) is 0. The van der Waals surface area contributed by atoms with Crippen molar-refractivity contribution in [2.45, 2.75) is 334 Å². The highest BCUT2D eigenvalue weighted by Gasteiger charge is 2.22. The molecule has 2 atom stereocenters. The predicted molar refractivity (Wildman–Crippen MR) is 352 cm³/mol. The summed E-state index contributed by atoms with van der Waals surface area (Å²) in [5.41, 5.74) is 0. The van der Waals surface area contributed by atoms with E-state index in [0.29, 0.717) is 23.9 Å². The number of carboxylic acid groups (broad SMARTS) is 1. The number of rotatable bonds is 65. The summed E-state index contributed by atoms with van der Waals surface area (Å²) in [4.78, 5) is 37.4. The third kappa shape index (κ3) is 66.1. The van der Waals surface area contributed by atoms with Crippen molar-refractivity contribution < 1.29 is 42.9 Å². The second-order valence-electron chi connectivity index (χ2n) is 24.8. The number of carbonyl (C=O) groups is 3. The van der Waals surface area contributed by atoms with Crippen LogP contribution in [0.25, 0.3) is 0 Å². The molecule has 0 bridgehead atoms. The van der Waals surface area contributed by atoms with E-state index in [1.807, 2.05) is 21.1 Å². The van der Waals surface area contributed by atoms with Gasteiger partial charge >= 0.3 is 11.9 Å². The van der Waals surface area contributed by atoms with Gasteiger partial charge in [0.05, 0.1) is 40.3 Å². The summed E-state index contributed by atoms with van der Waals surface area (Å²) in [7, 11) is 5.93. The van der Waals surface area contributed by atoms with E-state index in [2.05, 4.69) is 86.8 Å². The maximum Gasteiger partial charge on any atom is 0.306 e. The molecule has 0 saturated carbocycles. The van der Waals surface area contributed by atoms with Crippen LogP contribution in [0, 0.1) is 0 Å². The van der Waals surface area contributed by atoms with Gasteiger partial charge in [-0.2, -0.15) is 0 Å². The van der Waals surface area contributed by atoms with E-state index in [1.54, 1.807) is 0 Å². The standard InChI is InChI=1S/C74H133NO8/c1-6-8-10-12-14-16-18-20-22-24-26-28-29-30-31-32-33-34-35-36-37-38-39-40-41-42-43-45-46-48-50-52-54-56-58-60-62-64-71(76)81-68-70(69-82-74(73(78)79)80-67-66-75(3,4)5)83-72(77)65-63-61-59-57-55-53-51-49-47-44-27-25-23-21-19-17-15-13-11-9-7-2/h9,11,15,17-18,20-21,23-24,26-27,44,70,74H,6-8,10,12-14,16,19,22,25,28-43,45-69H2,1-5H3/b11-9-,17-15-,20-18-,23-21-,26-24-,44-27-. The van der Waals surface area contributed by atoms with Crippen molar-refractivity contribution in [3.63, 3.8) is 0 Å². The van der Waals surface area contributed by atoms with Gasteiger partial charge in [-0.15, -0.1) is 0 Å². The summed E-state index contributed by atoms with van der Waals surface area (Å²) >= 11 is 0. The van der Waals surface area contributed by atoms with E-state index in [0.717, 1.165) is 77.0 Å². The lowest BCUT2D eigenvalue weighted by Gasteiger charge is -2.26. The smallest absolute Gasteiger partial charge is 0.306 e. The Kier molecular flexibility index (Phi) is 62.2. The average Bonchev–Trinajstić information content (AvgIpc) is 3.46.